The van der Waals surface area contributed by atoms with Crippen LogP contribution in [0, 0.1) is 0 Å². The number of nitrogens with one attached hydrogen (secondary N) is 1. The number of methoxy groups -OCH3 is 1. The third kappa shape index (κ3) is 4.71. The predicted octanol–water partition coefficient (Wildman–Crippen LogP) is 3.92. The summed E-state index contributed by atoms with van der Waals surface area (Å²) in [6.07, 6.45) is 5.17. The maximum absolute atomic E-state index is 12.4. The Balaban J connectivity index is 1.72. The first-order valence-corrected chi connectivity index (χ1v) is 9.69. The summed E-state index contributed by atoms with van der Waals surface area (Å²) in [4.78, 5) is 16.5. The second-order valence-corrected chi connectivity index (χ2v) is 7.01. The summed E-state index contributed by atoms with van der Waals surface area (Å²) in [6.45, 7) is 4.30. The zero-order valence-corrected chi connectivity index (χ0v) is 16.7. The minimum atomic E-state index is -0.207. The number of rotatable bonds is 8. The molecule has 7 nitrogen and oxygen atoms in total. The Morgan fingerprint density at radius 1 is 1.39 bits per heavy atom. The fourth-order valence-electron chi connectivity index (χ4n) is 2.49. The SMILES string of the molecule is C=CCn1c(SCC(=O)Nc2cc(Cl)ccc2OC)nnc1-c1cccnc1. The van der Waals surface area contributed by atoms with Gasteiger partial charge >= 0.3 is 0 Å². The van der Waals surface area contributed by atoms with Crippen LogP contribution in [-0.2, 0) is 11.3 Å². The average Bonchev–Trinajstić information content (AvgIpc) is 3.10. The number of anilines is 1. The van der Waals surface area contributed by atoms with Crippen molar-refractivity contribution in [2.75, 3.05) is 18.2 Å². The summed E-state index contributed by atoms with van der Waals surface area (Å²) in [5, 5.41) is 12.4. The van der Waals surface area contributed by atoms with E-state index in [2.05, 4.69) is 27.1 Å². The molecule has 28 heavy (non-hydrogen) atoms. The molecule has 1 aromatic carbocycles. The Bertz CT molecular complexity index is 978. The summed E-state index contributed by atoms with van der Waals surface area (Å²) in [5.74, 6) is 1.16. The van der Waals surface area contributed by atoms with Crippen LogP contribution in [0.15, 0.2) is 60.5 Å². The van der Waals surface area contributed by atoms with Gasteiger partial charge in [-0.15, -0.1) is 16.8 Å². The lowest BCUT2D eigenvalue weighted by Crippen LogP contribution is -2.15. The van der Waals surface area contributed by atoms with Gasteiger partial charge in [-0.1, -0.05) is 29.4 Å². The van der Waals surface area contributed by atoms with Crippen molar-refractivity contribution in [3.63, 3.8) is 0 Å². The maximum atomic E-state index is 12.4. The van der Waals surface area contributed by atoms with Crippen molar-refractivity contribution in [1.82, 2.24) is 19.7 Å². The van der Waals surface area contributed by atoms with E-state index in [9.17, 15) is 4.79 Å². The Labute approximate surface area is 171 Å². The van der Waals surface area contributed by atoms with Crippen LogP contribution < -0.4 is 10.1 Å². The number of benzene rings is 1. The first-order valence-electron chi connectivity index (χ1n) is 8.33. The van der Waals surface area contributed by atoms with E-state index in [1.807, 2.05) is 16.7 Å². The highest BCUT2D eigenvalue weighted by molar-refractivity contribution is 7.99. The third-order valence-corrected chi connectivity index (χ3v) is 4.92. The van der Waals surface area contributed by atoms with Crippen LogP contribution >= 0.6 is 23.4 Å². The van der Waals surface area contributed by atoms with Crippen molar-refractivity contribution in [2.45, 2.75) is 11.7 Å². The van der Waals surface area contributed by atoms with Crippen LogP contribution in [0.5, 0.6) is 5.75 Å². The van der Waals surface area contributed by atoms with E-state index >= 15 is 0 Å². The highest BCUT2D eigenvalue weighted by Gasteiger charge is 2.16. The molecule has 9 heteroatoms. The molecule has 2 aromatic heterocycles. The molecule has 0 atom stereocenters. The molecule has 0 radical (unpaired) electrons. The fraction of sp³-hybridized carbons (Fsp3) is 0.158. The van der Waals surface area contributed by atoms with Gasteiger partial charge in [0.25, 0.3) is 0 Å². The molecule has 1 amide bonds. The number of thioether (sulfide) groups is 1. The first kappa shape index (κ1) is 19.9. The molecule has 0 aliphatic heterocycles. The number of hydrogen-bond acceptors (Lipinski definition) is 6. The van der Waals surface area contributed by atoms with Crippen LogP contribution in [0.4, 0.5) is 5.69 Å². The van der Waals surface area contributed by atoms with Crippen LogP contribution in [0.3, 0.4) is 0 Å². The number of nitrogens with zero attached hydrogens (tertiary/aromatic N) is 4. The van der Waals surface area contributed by atoms with Gasteiger partial charge in [0.2, 0.25) is 5.91 Å². The zero-order valence-electron chi connectivity index (χ0n) is 15.1. The molecular formula is C19H18ClN5O2S. The lowest BCUT2D eigenvalue weighted by molar-refractivity contribution is -0.113. The first-order chi connectivity index (χ1) is 13.6. The number of carbonyl (C=O) groups excluding carboxylic acids is 1. The van der Waals surface area contributed by atoms with Crippen molar-refractivity contribution in [1.29, 1.82) is 0 Å². The van der Waals surface area contributed by atoms with Gasteiger partial charge in [0, 0.05) is 29.5 Å². The summed E-state index contributed by atoms with van der Waals surface area (Å²) < 4.78 is 7.13. The second kappa shape index (κ2) is 9.38. The third-order valence-electron chi connectivity index (χ3n) is 3.72. The van der Waals surface area contributed by atoms with Gasteiger partial charge in [0.15, 0.2) is 11.0 Å². The number of pyridine rings is 1. The van der Waals surface area contributed by atoms with E-state index in [-0.39, 0.29) is 11.7 Å². The monoisotopic (exact) mass is 415 g/mol. The molecule has 0 fully saturated rings. The van der Waals surface area contributed by atoms with Crippen molar-refractivity contribution in [3.8, 4) is 17.1 Å². The molecule has 0 aliphatic rings. The number of amides is 1. The lowest BCUT2D eigenvalue weighted by Gasteiger charge is -2.11. The predicted molar refractivity (Wildman–Crippen MR) is 111 cm³/mol. The van der Waals surface area contributed by atoms with Crippen molar-refractivity contribution in [2.24, 2.45) is 0 Å². The van der Waals surface area contributed by atoms with Gasteiger partial charge in [-0.25, -0.2) is 0 Å². The summed E-state index contributed by atoms with van der Waals surface area (Å²) in [7, 11) is 1.53. The number of carbonyl (C=O) groups is 1. The van der Waals surface area contributed by atoms with E-state index in [4.69, 9.17) is 16.3 Å². The summed E-state index contributed by atoms with van der Waals surface area (Å²) in [5.41, 5.74) is 1.36. The highest BCUT2D eigenvalue weighted by Crippen LogP contribution is 2.28. The highest BCUT2D eigenvalue weighted by atomic mass is 35.5. The fourth-order valence-corrected chi connectivity index (χ4v) is 3.41. The minimum Gasteiger partial charge on any atom is -0.495 e. The minimum absolute atomic E-state index is 0.151. The Kier molecular flexibility index (Phi) is 6.67. The van der Waals surface area contributed by atoms with Gasteiger partial charge in [-0.05, 0) is 30.3 Å². The zero-order chi connectivity index (χ0) is 19.9. The number of allylic oxidation sites excluding steroid dienone is 1. The van der Waals surface area contributed by atoms with Gasteiger partial charge < -0.3 is 10.1 Å². The van der Waals surface area contributed by atoms with Crippen molar-refractivity contribution >= 4 is 35.0 Å². The van der Waals surface area contributed by atoms with Gasteiger partial charge in [-0.2, -0.15) is 0 Å². The summed E-state index contributed by atoms with van der Waals surface area (Å²) in [6, 6.07) is 8.78. The molecule has 0 aliphatic carbocycles. The number of aromatic nitrogens is 4. The largest absolute Gasteiger partial charge is 0.495 e. The molecule has 2 heterocycles. The molecule has 0 bridgehead atoms. The molecular weight excluding hydrogens is 398 g/mol. The topological polar surface area (TPSA) is 81.9 Å². The van der Waals surface area contributed by atoms with Crippen LogP contribution in [0.2, 0.25) is 5.02 Å². The number of hydrogen-bond donors (Lipinski definition) is 1. The molecule has 3 aromatic rings. The second-order valence-electron chi connectivity index (χ2n) is 5.63. The number of ether oxygens (including phenoxy) is 1. The van der Waals surface area contributed by atoms with Crippen LogP contribution in [-0.4, -0.2) is 38.5 Å². The van der Waals surface area contributed by atoms with Gasteiger partial charge in [-0.3, -0.25) is 14.3 Å². The smallest absolute Gasteiger partial charge is 0.234 e. The molecule has 3 rings (SSSR count). The summed E-state index contributed by atoms with van der Waals surface area (Å²) >= 11 is 7.28. The number of halogens is 1. The maximum Gasteiger partial charge on any atom is 0.234 e. The normalized spacial score (nSPS) is 10.5. The standard InChI is InChI=1S/C19H18ClN5O2S/c1-3-9-25-18(13-5-4-8-21-11-13)23-24-19(25)28-12-17(26)22-15-10-14(20)6-7-16(15)27-2/h3-8,10-11H,1,9,12H2,2H3,(H,22,26). The quantitative estimate of drug-likeness (QED) is 0.443. The van der Waals surface area contributed by atoms with Crippen molar-refractivity contribution < 1.29 is 9.53 Å². The van der Waals surface area contributed by atoms with E-state index in [0.29, 0.717) is 34.0 Å². The molecule has 0 saturated carbocycles. The average molecular weight is 416 g/mol. The molecule has 144 valence electrons. The molecule has 0 spiro atoms. The molecule has 1 N–H and O–H groups in total. The van der Waals surface area contributed by atoms with E-state index in [0.717, 1.165) is 5.56 Å². The molecule has 0 unspecified atom stereocenters. The van der Waals surface area contributed by atoms with E-state index in [1.165, 1.54) is 18.9 Å². The Morgan fingerprint density at radius 2 is 2.25 bits per heavy atom. The van der Waals surface area contributed by atoms with Crippen molar-refractivity contribution in [3.05, 3.63) is 60.4 Å². The van der Waals surface area contributed by atoms with Crippen LogP contribution in [0.25, 0.3) is 11.4 Å². The Hall–Kier alpha value is -2.84. The van der Waals surface area contributed by atoms with Gasteiger partial charge in [0.1, 0.15) is 5.75 Å². The lowest BCUT2D eigenvalue weighted by atomic mass is 10.3. The van der Waals surface area contributed by atoms with Gasteiger partial charge in [0.05, 0.1) is 18.6 Å². The van der Waals surface area contributed by atoms with E-state index < -0.39 is 0 Å². The molecule has 0 saturated heterocycles. The van der Waals surface area contributed by atoms with E-state index in [1.54, 1.807) is 36.7 Å². The Morgan fingerprint density at radius 3 is 2.96 bits per heavy atom. The van der Waals surface area contributed by atoms with Crippen LogP contribution in [0.1, 0.15) is 0 Å².